The summed E-state index contributed by atoms with van der Waals surface area (Å²) in [5, 5.41) is 3.12. The number of nitrogens with one attached hydrogen (secondary N) is 1. The maximum Gasteiger partial charge on any atom is 0.239 e. The van der Waals surface area contributed by atoms with Gasteiger partial charge in [0.1, 0.15) is 11.5 Å². The molecular formula is C20H25N5O2. The van der Waals surface area contributed by atoms with Crippen LogP contribution in [-0.4, -0.2) is 53.7 Å². The molecule has 0 aromatic carbocycles. The molecule has 27 heavy (non-hydrogen) atoms. The van der Waals surface area contributed by atoms with Crippen LogP contribution in [0.25, 0.3) is 11.5 Å². The van der Waals surface area contributed by atoms with Crippen LogP contribution < -0.4 is 10.2 Å². The molecule has 1 aliphatic heterocycles. The molecule has 0 saturated carbocycles. The second-order valence-electron chi connectivity index (χ2n) is 7.17. The second-order valence-corrected chi connectivity index (χ2v) is 7.17. The standard InChI is InChI=1S/C20H25N5O2/c1-25(13-18(26)22-14-8-11-27-12-9-14)20-15-5-4-7-16(15)23-19(24-20)17-6-2-3-10-21-17/h2-3,6,10,14H,4-5,7-9,11-13H2,1H3,(H,22,26). The van der Waals surface area contributed by atoms with E-state index in [4.69, 9.17) is 14.7 Å². The summed E-state index contributed by atoms with van der Waals surface area (Å²) in [6, 6.07) is 5.94. The first kappa shape index (κ1) is 17.9. The molecule has 0 bridgehead atoms. The van der Waals surface area contributed by atoms with Crippen LogP contribution in [-0.2, 0) is 22.4 Å². The zero-order valence-electron chi connectivity index (χ0n) is 15.6. The topological polar surface area (TPSA) is 80.2 Å². The molecule has 1 aliphatic carbocycles. The van der Waals surface area contributed by atoms with E-state index in [-0.39, 0.29) is 18.5 Å². The molecule has 2 aromatic heterocycles. The van der Waals surface area contributed by atoms with Gasteiger partial charge in [-0.15, -0.1) is 0 Å². The lowest BCUT2D eigenvalue weighted by molar-refractivity contribution is -0.121. The molecule has 0 radical (unpaired) electrons. The number of hydrogen-bond acceptors (Lipinski definition) is 6. The van der Waals surface area contributed by atoms with Crippen LogP contribution in [0.5, 0.6) is 0 Å². The number of carbonyl (C=O) groups excluding carboxylic acids is 1. The number of rotatable bonds is 5. The maximum absolute atomic E-state index is 12.5. The molecule has 142 valence electrons. The first-order valence-electron chi connectivity index (χ1n) is 9.60. The Kier molecular flexibility index (Phi) is 5.29. The van der Waals surface area contributed by atoms with Crippen LogP contribution in [0.1, 0.15) is 30.5 Å². The van der Waals surface area contributed by atoms with Gasteiger partial charge < -0.3 is 15.0 Å². The van der Waals surface area contributed by atoms with Gasteiger partial charge in [0.25, 0.3) is 0 Å². The summed E-state index contributed by atoms with van der Waals surface area (Å²) >= 11 is 0. The van der Waals surface area contributed by atoms with Gasteiger partial charge in [-0.05, 0) is 44.2 Å². The molecule has 7 nitrogen and oxygen atoms in total. The normalized spacial score (nSPS) is 16.8. The number of aromatic nitrogens is 3. The smallest absolute Gasteiger partial charge is 0.239 e. The number of ether oxygens (including phenoxy) is 1. The van der Waals surface area contributed by atoms with E-state index in [1.807, 2.05) is 30.1 Å². The fraction of sp³-hybridized carbons (Fsp3) is 0.500. The van der Waals surface area contributed by atoms with E-state index in [0.29, 0.717) is 19.0 Å². The molecule has 2 aromatic rings. The highest BCUT2D eigenvalue weighted by Gasteiger charge is 2.24. The summed E-state index contributed by atoms with van der Waals surface area (Å²) in [5.41, 5.74) is 3.00. The van der Waals surface area contributed by atoms with Crippen molar-refractivity contribution in [3.05, 3.63) is 35.7 Å². The molecule has 4 rings (SSSR count). The Morgan fingerprint density at radius 1 is 1.26 bits per heavy atom. The average molecular weight is 367 g/mol. The van der Waals surface area contributed by atoms with Gasteiger partial charge >= 0.3 is 0 Å². The maximum atomic E-state index is 12.5. The Balaban J connectivity index is 1.53. The number of pyridine rings is 1. The van der Waals surface area contributed by atoms with E-state index in [9.17, 15) is 4.79 Å². The summed E-state index contributed by atoms with van der Waals surface area (Å²) in [4.78, 5) is 28.3. The number of hydrogen-bond donors (Lipinski definition) is 1. The second kappa shape index (κ2) is 8.00. The molecule has 0 unspecified atom stereocenters. The summed E-state index contributed by atoms with van der Waals surface area (Å²) in [7, 11) is 1.92. The number of nitrogens with zero attached hydrogens (tertiary/aromatic N) is 4. The van der Waals surface area contributed by atoms with Crippen LogP contribution in [0.2, 0.25) is 0 Å². The lowest BCUT2D eigenvalue weighted by atomic mass is 10.1. The number of aryl methyl sites for hydroxylation is 1. The van der Waals surface area contributed by atoms with Gasteiger partial charge in [0.2, 0.25) is 5.91 Å². The minimum absolute atomic E-state index is 0.0224. The summed E-state index contributed by atoms with van der Waals surface area (Å²) < 4.78 is 5.35. The zero-order chi connectivity index (χ0) is 18.6. The molecule has 7 heteroatoms. The Morgan fingerprint density at radius 3 is 2.89 bits per heavy atom. The van der Waals surface area contributed by atoms with E-state index in [1.165, 1.54) is 0 Å². The largest absolute Gasteiger partial charge is 0.381 e. The predicted molar refractivity (Wildman–Crippen MR) is 103 cm³/mol. The van der Waals surface area contributed by atoms with Crippen LogP contribution in [0.15, 0.2) is 24.4 Å². The Bertz CT molecular complexity index is 806. The van der Waals surface area contributed by atoms with Gasteiger partial charge in [-0.25, -0.2) is 9.97 Å². The third-order valence-electron chi connectivity index (χ3n) is 5.13. The van der Waals surface area contributed by atoms with Crippen LogP contribution >= 0.6 is 0 Å². The van der Waals surface area contributed by atoms with Crippen molar-refractivity contribution < 1.29 is 9.53 Å². The number of amides is 1. The molecule has 0 atom stereocenters. The first-order valence-corrected chi connectivity index (χ1v) is 9.60. The van der Waals surface area contributed by atoms with Crippen LogP contribution in [0, 0.1) is 0 Å². The van der Waals surface area contributed by atoms with Crippen molar-refractivity contribution in [3.63, 3.8) is 0 Å². The molecule has 1 N–H and O–H groups in total. The summed E-state index contributed by atoms with van der Waals surface area (Å²) in [5.74, 6) is 1.50. The minimum Gasteiger partial charge on any atom is -0.381 e. The van der Waals surface area contributed by atoms with E-state index < -0.39 is 0 Å². The molecule has 1 fully saturated rings. The van der Waals surface area contributed by atoms with E-state index in [2.05, 4.69) is 10.3 Å². The van der Waals surface area contributed by atoms with Gasteiger partial charge in [0.15, 0.2) is 5.82 Å². The highest BCUT2D eigenvalue weighted by molar-refractivity contribution is 5.81. The van der Waals surface area contributed by atoms with E-state index >= 15 is 0 Å². The molecule has 2 aliphatic rings. The fourth-order valence-electron chi connectivity index (χ4n) is 3.74. The first-order chi connectivity index (χ1) is 13.2. The SMILES string of the molecule is CN(CC(=O)NC1CCOCC1)c1nc(-c2ccccn2)nc2c1CCC2. The Labute approximate surface area is 159 Å². The van der Waals surface area contributed by atoms with Crippen LogP contribution in [0.4, 0.5) is 5.82 Å². The van der Waals surface area contributed by atoms with Crippen molar-refractivity contribution in [2.75, 3.05) is 31.7 Å². The summed E-state index contributed by atoms with van der Waals surface area (Å²) in [6.07, 6.45) is 6.48. The minimum atomic E-state index is 0.0224. The quantitative estimate of drug-likeness (QED) is 0.867. The summed E-state index contributed by atoms with van der Waals surface area (Å²) in [6.45, 7) is 1.71. The van der Waals surface area contributed by atoms with Crippen molar-refractivity contribution in [1.82, 2.24) is 20.3 Å². The third-order valence-corrected chi connectivity index (χ3v) is 5.13. The highest BCUT2D eigenvalue weighted by Crippen LogP contribution is 2.30. The Hall–Kier alpha value is -2.54. The number of fused-ring (bicyclic) bond motifs is 1. The number of carbonyl (C=O) groups is 1. The van der Waals surface area contributed by atoms with E-state index in [0.717, 1.165) is 54.9 Å². The highest BCUT2D eigenvalue weighted by atomic mass is 16.5. The molecule has 0 spiro atoms. The van der Waals surface area contributed by atoms with Crippen molar-refractivity contribution in [2.45, 2.75) is 38.1 Å². The average Bonchev–Trinajstić information content (AvgIpc) is 3.17. The fourth-order valence-corrected chi connectivity index (χ4v) is 3.74. The van der Waals surface area contributed by atoms with Gasteiger partial charge in [-0.3, -0.25) is 9.78 Å². The van der Waals surface area contributed by atoms with Crippen molar-refractivity contribution in [2.24, 2.45) is 0 Å². The number of likely N-dealkylation sites (N-methyl/N-ethyl adjacent to an activating group) is 1. The predicted octanol–water partition coefficient (Wildman–Crippen LogP) is 1.76. The molecular weight excluding hydrogens is 342 g/mol. The van der Waals surface area contributed by atoms with Crippen molar-refractivity contribution >= 4 is 11.7 Å². The van der Waals surface area contributed by atoms with Gasteiger partial charge in [-0.1, -0.05) is 6.07 Å². The lowest BCUT2D eigenvalue weighted by Gasteiger charge is -2.25. The van der Waals surface area contributed by atoms with Crippen molar-refractivity contribution in [3.8, 4) is 11.5 Å². The van der Waals surface area contributed by atoms with Gasteiger partial charge in [0, 0.05) is 43.8 Å². The molecule has 3 heterocycles. The monoisotopic (exact) mass is 367 g/mol. The van der Waals surface area contributed by atoms with Crippen LogP contribution in [0.3, 0.4) is 0 Å². The van der Waals surface area contributed by atoms with E-state index in [1.54, 1.807) is 6.20 Å². The molecule has 1 amide bonds. The number of anilines is 1. The van der Waals surface area contributed by atoms with Gasteiger partial charge in [0.05, 0.1) is 6.54 Å². The van der Waals surface area contributed by atoms with Gasteiger partial charge in [-0.2, -0.15) is 0 Å². The molecule has 1 saturated heterocycles. The lowest BCUT2D eigenvalue weighted by Crippen LogP contribution is -2.43. The Morgan fingerprint density at radius 2 is 2.11 bits per heavy atom. The zero-order valence-corrected chi connectivity index (χ0v) is 15.6. The third kappa shape index (κ3) is 4.08. The van der Waals surface area contributed by atoms with Crippen molar-refractivity contribution in [1.29, 1.82) is 0 Å².